The maximum Gasteiger partial charge on any atom is 0.336 e. The van der Waals surface area contributed by atoms with Crippen molar-refractivity contribution in [2.45, 2.75) is 47.1 Å². The molecule has 7 nitrogen and oxygen atoms in total. The number of ether oxygens (including phenoxy) is 1. The zero-order valence-corrected chi connectivity index (χ0v) is 17.3. The number of pyridine rings is 1. The zero-order chi connectivity index (χ0) is 22.0. The molecule has 3 aromatic rings. The van der Waals surface area contributed by atoms with E-state index in [1.807, 2.05) is 26.0 Å². The molecule has 2 aromatic heterocycles. The minimum atomic E-state index is -0.500. The molecule has 1 N–H and O–H groups in total. The van der Waals surface area contributed by atoms with Crippen LogP contribution in [0.25, 0.3) is 11.0 Å². The summed E-state index contributed by atoms with van der Waals surface area (Å²) in [5.74, 6) is -0.441. The van der Waals surface area contributed by atoms with Gasteiger partial charge in [0.15, 0.2) is 0 Å². The number of nitrogens with one attached hydrogen (secondary N) is 1. The minimum absolute atomic E-state index is 0.0452. The number of H-pyrrole nitrogens is 1. The Morgan fingerprint density at radius 1 is 1.13 bits per heavy atom. The normalized spacial score (nSPS) is 10.8. The van der Waals surface area contributed by atoms with Crippen LogP contribution < -0.4 is 11.2 Å². The highest BCUT2D eigenvalue weighted by atomic mass is 16.5. The highest BCUT2D eigenvalue weighted by Gasteiger charge is 2.15. The molecule has 0 saturated heterocycles. The summed E-state index contributed by atoms with van der Waals surface area (Å²) in [5.41, 5.74) is 4.16. The van der Waals surface area contributed by atoms with Gasteiger partial charge in [0, 0.05) is 29.1 Å². The van der Waals surface area contributed by atoms with Gasteiger partial charge in [-0.1, -0.05) is 0 Å². The van der Waals surface area contributed by atoms with Crippen LogP contribution in [0.1, 0.15) is 45.5 Å². The average Bonchev–Trinajstić information content (AvgIpc) is 2.67. The Morgan fingerprint density at radius 2 is 1.83 bits per heavy atom. The number of carbonyl (C=O) groups excluding carboxylic acids is 1. The van der Waals surface area contributed by atoms with Gasteiger partial charge in [-0.05, 0) is 68.5 Å². The van der Waals surface area contributed by atoms with E-state index in [9.17, 15) is 14.4 Å². The molecule has 30 heavy (non-hydrogen) atoms. The highest BCUT2D eigenvalue weighted by Crippen LogP contribution is 2.22. The van der Waals surface area contributed by atoms with Crippen LogP contribution in [0, 0.1) is 39.0 Å². The molecule has 0 fully saturated rings. The summed E-state index contributed by atoms with van der Waals surface area (Å²) in [7, 11) is 0. The van der Waals surface area contributed by atoms with E-state index in [0.29, 0.717) is 28.8 Å². The topological polar surface area (TPSA) is 113 Å². The summed E-state index contributed by atoms with van der Waals surface area (Å²) in [6, 6.07) is 6.94. The molecular weight excluding hydrogens is 384 g/mol. The standard InChI is InChI=1S/C23H22N2O5/c1-12-7-18-16(9-22(27)30-20(18)8-13(12)2)11-29-21(26)6-5-17-14(3)19(10-24)23(28)25-15(17)4/h7-9H,5-6,11H2,1-4H3,(H,25,28). The lowest BCUT2D eigenvalue weighted by Gasteiger charge is -2.11. The van der Waals surface area contributed by atoms with E-state index < -0.39 is 17.2 Å². The Labute approximate surface area is 172 Å². The zero-order valence-electron chi connectivity index (χ0n) is 17.3. The van der Waals surface area contributed by atoms with Crippen molar-refractivity contribution in [3.05, 3.63) is 78.0 Å². The van der Waals surface area contributed by atoms with Crippen molar-refractivity contribution < 1.29 is 13.9 Å². The fraction of sp³-hybridized carbons (Fsp3) is 0.304. The van der Waals surface area contributed by atoms with Crippen LogP contribution >= 0.6 is 0 Å². The first-order valence-corrected chi connectivity index (χ1v) is 9.53. The second kappa shape index (κ2) is 8.37. The monoisotopic (exact) mass is 406 g/mol. The Bertz CT molecular complexity index is 1310. The van der Waals surface area contributed by atoms with Gasteiger partial charge in [-0.25, -0.2) is 4.79 Å². The molecule has 0 saturated carbocycles. The van der Waals surface area contributed by atoms with Crippen molar-refractivity contribution in [2.24, 2.45) is 0 Å². The molecule has 0 aliphatic heterocycles. The van der Waals surface area contributed by atoms with E-state index in [4.69, 9.17) is 14.4 Å². The van der Waals surface area contributed by atoms with Gasteiger partial charge in [0.1, 0.15) is 23.8 Å². The average molecular weight is 406 g/mol. The quantitative estimate of drug-likeness (QED) is 0.514. The molecule has 0 aliphatic carbocycles. The largest absolute Gasteiger partial charge is 0.461 e. The minimum Gasteiger partial charge on any atom is -0.461 e. The molecule has 7 heteroatoms. The maximum atomic E-state index is 12.3. The molecule has 0 unspecified atom stereocenters. The van der Waals surface area contributed by atoms with Crippen LogP contribution in [0.2, 0.25) is 0 Å². The SMILES string of the molecule is Cc1cc2oc(=O)cc(COC(=O)CCc3c(C)[nH]c(=O)c(C#N)c3C)c2cc1C. The first-order chi connectivity index (χ1) is 14.2. The second-order valence-corrected chi connectivity index (χ2v) is 7.35. The summed E-state index contributed by atoms with van der Waals surface area (Å²) < 4.78 is 10.6. The smallest absolute Gasteiger partial charge is 0.336 e. The predicted octanol–water partition coefficient (Wildman–Crippen LogP) is 3.26. The van der Waals surface area contributed by atoms with E-state index in [1.54, 1.807) is 19.9 Å². The summed E-state index contributed by atoms with van der Waals surface area (Å²) in [4.78, 5) is 38.6. The van der Waals surface area contributed by atoms with Crippen LogP contribution in [-0.2, 0) is 22.6 Å². The van der Waals surface area contributed by atoms with Crippen LogP contribution in [0.4, 0.5) is 0 Å². The van der Waals surface area contributed by atoms with Gasteiger partial charge >= 0.3 is 11.6 Å². The van der Waals surface area contributed by atoms with Gasteiger partial charge < -0.3 is 14.1 Å². The fourth-order valence-electron chi connectivity index (χ4n) is 3.48. The lowest BCUT2D eigenvalue weighted by atomic mass is 9.99. The molecule has 0 amide bonds. The lowest BCUT2D eigenvalue weighted by molar-refractivity contribution is -0.144. The van der Waals surface area contributed by atoms with Crippen LogP contribution in [-0.4, -0.2) is 11.0 Å². The number of aromatic nitrogens is 1. The van der Waals surface area contributed by atoms with Gasteiger partial charge in [0.25, 0.3) is 5.56 Å². The van der Waals surface area contributed by atoms with Crippen LogP contribution in [0.3, 0.4) is 0 Å². The number of rotatable bonds is 5. The number of carbonyl (C=O) groups is 1. The van der Waals surface area contributed by atoms with E-state index >= 15 is 0 Å². The van der Waals surface area contributed by atoms with E-state index in [1.165, 1.54) is 6.07 Å². The number of aromatic amines is 1. The lowest BCUT2D eigenvalue weighted by Crippen LogP contribution is -2.17. The number of esters is 1. The summed E-state index contributed by atoms with van der Waals surface area (Å²) in [6.07, 6.45) is 0.411. The third kappa shape index (κ3) is 4.18. The molecule has 154 valence electrons. The number of nitriles is 1. The number of nitrogens with zero attached hydrogens (tertiary/aromatic N) is 1. The van der Waals surface area contributed by atoms with Gasteiger partial charge in [-0.15, -0.1) is 0 Å². The molecule has 0 bridgehead atoms. The Kier molecular flexibility index (Phi) is 5.88. The van der Waals surface area contributed by atoms with Crippen molar-refractivity contribution in [1.29, 1.82) is 5.26 Å². The number of hydrogen-bond donors (Lipinski definition) is 1. The van der Waals surface area contributed by atoms with E-state index in [0.717, 1.165) is 22.1 Å². The Morgan fingerprint density at radius 3 is 2.53 bits per heavy atom. The van der Waals surface area contributed by atoms with Crippen LogP contribution in [0.5, 0.6) is 0 Å². The van der Waals surface area contributed by atoms with Crippen molar-refractivity contribution in [3.63, 3.8) is 0 Å². The number of hydrogen-bond acceptors (Lipinski definition) is 6. The van der Waals surface area contributed by atoms with Gasteiger partial charge in [0.05, 0.1) is 0 Å². The van der Waals surface area contributed by atoms with Crippen molar-refractivity contribution in [3.8, 4) is 6.07 Å². The third-order valence-corrected chi connectivity index (χ3v) is 5.33. The Hall–Kier alpha value is -3.66. The molecule has 1 aromatic carbocycles. The number of benzene rings is 1. The van der Waals surface area contributed by atoms with E-state index in [2.05, 4.69) is 4.98 Å². The molecule has 2 heterocycles. The van der Waals surface area contributed by atoms with E-state index in [-0.39, 0.29) is 18.6 Å². The predicted molar refractivity (Wildman–Crippen MR) is 111 cm³/mol. The molecule has 0 spiro atoms. The summed E-state index contributed by atoms with van der Waals surface area (Å²) in [6.45, 7) is 7.27. The maximum absolute atomic E-state index is 12.3. The highest BCUT2D eigenvalue weighted by molar-refractivity contribution is 5.82. The first-order valence-electron chi connectivity index (χ1n) is 9.53. The third-order valence-electron chi connectivity index (χ3n) is 5.33. The molecular formula is C23H22N2O5. The van der Waals surface area contributed by atoms with Crippen molar-refractivity contribution in [2.75, 3.05) is 0 Å². The Balaban J connectivity index is 1.75. The van der Waals surface area contributed by atoms with Crippen molar-refractivity contribution >= 4 is 16.9 Å². The summed E-state index contributed by atoms with van der Waals surface area (Å²) in [5, 5.41) is 9.89. The number of aryl methyl sites for hydroxylation is 3. The fourth-order valence-corrected chi connectivity index (χ4v) is 3.48. The first kappa shape index (κ1) is 21.1. The van der Waals surface area contributed by atoms with Crippen LogP contribution in [0.15, 0.2) is 32.2 Å². The number of fused-ring (bicyclic) bond motifs is 1. The van der Waals surface area contributed by atoms with Crippen molar-refractivity contribution in [1.82, 2.24) is 4.98 Å². The second-order valence-electron chi connectivity index (χ2n) is 7.35. The van der Waals surface area contributed by atoms with Gasteiger partial charge in [-0.3, -0.25) is 9.59 Å². The summed E-state index contributed by atoms with van der Waals surface area (Å²) >= 11 is 0. The molecule has 0 radical (unpaired) electrons. The molecule has 3 rings (SSSR count). The molecule has 0 aliphatic rings. The van der Waals surface area contributed by atoms with Gasteiger partial charge in [0.2, 0.25) is 0 Å². The molecule has 0 atom stereocenters. The van der Waals surface area contributed by atoms with Gasteiger partial charge in [-0.2, -0.15) is 5.26 Å².